The van der Waals surface area contributed by atoms with Crippen molar-refractivity contribution in [3.05, 3.63) is 75.8 Å². The molecule has 5 nitrogen and oxygen atoms in total. The minimum atomic E-state index is -0.560. The molecule has 0 unspecified atom stereocenters. The van der Waals surface area contributed by atoms with Crippen LogP contribution in [0.1, 0.15) is 55.5 Å². The number of amides is 1. The minimum absolute atomic E-state index is 0.221. The van der Waals surface area contributed by atoms with Crippen LogP contribution < -0.4 is 5.32 Å². The molecule has 1 aliphatic rings. The van der Waals surface area contributed by atoms with E-state index in [9.17, 15) is 4.79 Å². The molecular formula is C26H34BNO4. The van der Waals surface area contributed by atoms with Gasteiger partial charge in [0.15, 0.2) is 0 Å². The molecule has 1 saturated heterocycles. The third kappa shape index (κ3) is 5.61. The summed E-state index contributed by atoms with van der Waals surface area (Å²) in [5.74, 6) is 0. The number of alkyl carbamates (subject to hydrolysis) is 1. The van der Waals surface area contributed by atoms with Crippen LogP contribution in [-0.4, -0.2) is 31.0 Å². The summed E-state index contributed by atoms with van der Waals surface area (Å²) in [6.07, 6.45) is 1.58. The first-order valence-electron chi connectivity index (χ1n) is 11.1. The average Bonchev–Trinajstić information content (AvgIpc) is 2.95. The van der Waals surface area contributed by atoms with Crippen molar-refractivity contribution < 1.29 is 18.8 Å². The standard InChI is InChI=1S/C26H34BNO4/c1-18-13-20(3)22(14-19(18)2)15-23(27-31-25(4,5)26(6,7)32-27)16-28-24(29)30-17-21-11-9-8-10-12-21/h8-15H,16-17H2,1-7H3,(H,28,29). The van der Waals surface area contributed by atoms with E-state index < -0.39 is 24.4 Å². The van der Waals surface area contributed by atoms with Gasteiger partial charge in [-0.05, 0) is 81.8 Å². The van der Waals surface area contributed by atoms with Gasteiger partial charge in [0, 0.05) is 6.54 Å². The van der Waals surface area contributed by atoms with E-state index in [1.165, 1.54) is 11.1 Å². The van der Waals surface area contributed by atoms with Crippen molar-refractivity contribution in [2.75, 3.05) is 6.54 Å². The number of hydrogen-bond acceptors (Lipinski definition) is 4. The van der Waals surface area contributed by atoms with Crippen molar-refractivity contribution in [3.63, 3.8) is 0 Å². The normalized spacial score (nSPS) is 17.3. The highest BCUT2D eigenvalue weighted by Gasteiger charge is 2.52. The maximum absolute atomic E-state index is 12.4. The van der Waals surface area contributed by atoms with E-state index in [4.69, 9.17) is 14.0 Å². The summed E-state index contributed by atoms with van der Waals surface area (Å²) in [7, 11) is -0.560. The van der Waals surface area contributed by atoms with E-state index in [2.05, 4.69) is 44.3 Å². The molecule has 2 aromatic carbocycles. The van der Waals surface area contributed by atoms with Gasteiger partial charge in [-0.1, -0.05) is 48.5 Å². The topological polar surface area (TPSA) is 56.8 Å². The van der Waals surface area contributed by atoms with Gasteiger partial charge in [0.05, 0.1) is 11.2 Å². The number of rotatable bonds is 6. The summed E-state index contributed by atoms with van der Waals surface area (Å²) in [4.78, 5) is 12.4. The highest BCUT2D eigenvalue weighted by molar-refractivity contribution is 6.56. The van der Waals surface area contributed by atoms with Crippen LogP contribution in [0, 0.1) is 20.8 Å². The number of nitrogens with one attached hydrogen (secondary N) is 1. The van der Waals surface area contributed by atoms with Crippen LogP contribution >= 0.6 is 0 Å². The second-order valence-electron chi connectivity index (χ2n) is 9.52. The van der Waals surface area contributed by atoms with E-state index in [0.717, 1.165) is 22.2 Å². The zero-order valence-corrected chi connectivity index (χ0v) is 20.2. The van der Waals surface area contributed by atoms with Crippen LogP contribution in [0.4, 0.5) is 4.79 Å². The first kappa shape index (κ1) is 24.1. The van der Waals surface area contributed by atoms with Crippen LogP contribution in [-0.2, 0) is 20.7 Å². The van der Waals surface area contributed by atoms with Crippen LogP contribution in [0.25, 0.3) is 6.08 Å². The van der Waals surface area contributed by atoms with Gasteiger partial charge in [-0.3, -0.25) is 0 Å². The molecule has 0 spiro atoms. The lowest BCUT2D eigenvalue weighted by atomic mass is 9.76. The summed E-state index contributed by atoms with van der Waals surface area (Å²) in [6.45, 7) is 14.9. The van der Waals surface area contributed by atoms with Crippen LogP contribution in [0.5, 0.6) is 0 Å². The van der Waals surface area contributed by atoms with Gasteiger partial charge in [0.2, 0.25) is 0 Å². The quantitative estimate of drug-likeness (QED) is 0.605. The summed E-state index contributed by atoms with van der Waals surface area (Å²) < 4.78 is 17.9. The molecule has 0 atom stereocenters. The second-order valence-corrected chi connectivity index (χ2v) is 9.52. The Hall–Kier alpha value is -2.57. The molecule has 32 heavy (non-hydrogen) atoms. The van der Waals surface area contributed by atoms with Gasteiger partial charge in [-0.15, -0.1) is 0 Å². The summed E-state index contributed by atoms with van der Waals surface area (Å²) in [6, 6.07) is 13.9. The Morgan fingerprint density at radius 3 is 2.19 bits per heavy atom. The van der Waals surface area contributed by atoms with Gasteiger partial charge < -0.3 is 19.4 Å². The van der Waals surface area contributed by atoms with Crippen LogP contribution in [0.15, 0.2) is 47.9 Å². The molecule has 1 aliphatic heterocycles. The molecule has 2 aromatic rings. The molecule has 0 saturated carbocycles. The fourth-order valence-electron chi connectivity index (χ4n) is 3.48. The fraction of sp³-hybridized carbons (Fsp3) is 0.423. The number of hydrogen-bond donors (Lipinski definition) is 1. The Morgan fingerprint density at radius 2 is 1.56 bits per heavy atom. The van der Waals surface area contributed by atoms with Crippen molar-refractivity contribution in [3.8, 4) is 0 Å². The van der Waals surface area contributed by atoms with Crippen molar-refractivity contribution in [2.24, 2.45) is 0 Å². The molecule has 1 heterocycles. The predicted molar refractivity (Wildman–Crippen MR) is 129 cm³/mol. The van der Waals surface area contributed by atoms with E-state index in [1.54, 1.807) is 0 Å². The van der Waals surface area contributed by atoms with E-state index in [-0.39, 0.29) is 13.2 Å². The molecule has 0 aromatic heterocycles. The third-order valence-corrected chi connectivity index (χ3v) is 6.43. The molecule has 0 aliphatic carbocycles. The highest BCUT2D eigenvalue weighted by atomic mass is 16.7. The van der Waals surface area contributed by atoms with E-state index >= 15 is 0 Å². The molecule has 170 valence electrons. The molecular weight excluding hydrogens is 401 g/mol. The Bertz CT molecular complexity index is 982. The number of carbonyl (C=O) groups excluding carboxylic acids is 1. The molecule has 1 amide bonds. The smallest absolute Gasteiger partial charge is 0.445 e. The lowest BCUT2D eigenvalue weighted by molar-refractivity contribution is 0.00578. The zero-order chi connectivity index (χ0) is 23.5. The molecule has 1 fully saturated rings. The predicted octanol–water partition coefficient (Wildman–Crippen LogP) is 5.55. The number of ether oxygens (including phenoxy) is 1. The first-order valence-corrected chi connectivity index (χ1v) is 11.1. The van der Waals surface area contributed by atoms with E-state index in [0.29, 0.717) is 0 Å². The van der Waals surface area contributed by atoms with Crippen molar-refractivity contribution >= 4 is 19.3 Å². The Balaban J connectivity index is 1.78. The lowest BCUT2D eigenvalue weighted by Crippen LogP contribution is -2.41. The molecule has 0 bridgehead atoms. The number of carbonyl (C=O) groups is 1. The first-order chi connectivity index (χ1) is 15.0. The third-order valence-electron chi connectivity index (χ3n) is 6.43. The van der Waals surface area contributed by atoms with Gasteiger partial charge in [-0.2, -0.15) is 0 Å². The number of aryl methyl sites for hydroxylation is 3. The summed E-state index contributed by atoms with van der Waals surface area (Å²) in [5, 5.41) is 2.86. The van der Waals surface area contributed by atoms with Gasteiger partial charge in [0.25, 0.3) is 0 Å². The molecule has 3 rings (SSSR count). The summed E-state index contributed by atoms with van der Waals surface area (Å²) in [5.41, 5.74) is 5.55. The Labute approximate surface area is 192 Å². The van der Waals surface area contributed by atoms with Crippen LogP contribution in [0.3, 0.4) is 0 Å². The maximum Gasteiger partial charge on any atom is 0.492 e. The summed E-state index contributed by atoms with van der Waals surface area (Å²) >= 11 is 0. The largest absolute Gasteiger partial charge is 0.492 e. The highest BCUT2D eigenvalue weighted by Crippen LogP contribution is 2.39. The van der Waals surface area contributed by atoms with Crippen LogP contribution in [0.2, 0.25) is 0 Å². The average molecular weight is 435 g/mol. The maximum atomic E-state index is 12.4. The molecule has 0 radical (unpaired) electrons. The lowest BCUT2D eigenvalue weighted by Gasteiger charge is -2.32. The second kappa shape index (κ2) is 9.51. The van der Waals surface area contributed by atoms with Crippen molar-refractivity contribution in [2.45, 2.75) is 66.3 Å². The number of benzene rings is 2. The Morgan fingerprint density at radius 1 is 0.969 bits per heavy atom. The molecule has 1 N–H and O–H groups in total. The molecule has 6 heteroatoms. The van der Waals surface area contributed by atoms with E-state index in [1.807, 2.05) is 58.0 Å². The van der Waals surface area contributed by atoms with Crippen molar-refractivity contribution in [1.82, 2.24) is 5.32 Å². The fourth-order valence-corrected chi connectivity index (χ4v) is 3.48. The SMILES string of the molecule is Cc1cc(C)c(C=C(CNC(=O)OCc2ccccc2)B2OC(C)(C)C(C)(C)O2)cc1C. The van der Waals surface area contributed by atoms with Gasteiger partial charge in [-0.25, -0.2) is 4.79 Å². The minimum Gasteiger partial charge on any atom is -0.445 e. The monoisotopic (exact) mass is 435 g/mol. The Kier molecular flexibility index (Phi) is 7.16. The van der Waals surface area contributed by atoms with Crippen molar-refractivity contribution in [1.29, 1.82) is 0 Å². The van der Waals surface area contributed by atoms with Gasteiger partial charge in [0.1, 0.15) is 6.61 Å². The zero-order valence-electron chi connectivity index (χ0n) is 20.2. The van der Waals surface area contributed by atoms with Gasteiger partial charge >= 0.3 is 13.2 Å².